The van der Waals surface area contributed by atoms with Crippen LogP contribution in [0.5, 0.6) is 0 Å². The number of rotatable bonds is 7. The van der Waals surface area contributed by atoms with Crippen molar-refractivity contribution in [3.8, 4) is 0 Å². The van der Waals surface area contributed by atoms with Crippen molar-refractivity contribution in [1.82, 2.24) is 14.9 Å². The van der Waals surface area contributed by atoms with Crippen molar-refractivity contribution in [2.45, 2.75) is 39.5 Å². The summed E-state index contributed by atoms with van der Waals surface area (Å²) in [5, 5.41) is 3.23. The fourth-order valence-electron chi connectivity index (χ4n) is 2.57. The second-order valence-corrected chi connectivity index (χ2v) is 5.00. The number of nitrogens with zero attached hydrogens (tertiary/aromatic N) is 2. The lowest BCUT2D eigenvalue weighted by molar-refractivity contribution is 0.303. The molecule has 0 amide bonds. The van der Waals surface area contributed by atoms with Gasteiger partial charge >= 0.3 is 0 Å². The van der Waals surface area contributed by atoms with Gasteiger partial charge in [0.15, 0.2) is 0 Å². The highest BCUT2D eigenvalue weighted by Crippen LogP contribution is 2.16. The molecule has 0 saturated carbocycles. The van der Waals surface area contributed by atoms with Gasteiger partial charge in [-0.1, -0.05) is 13.8 Å². The number of fused-ring (bicyclic) bond motifs is 1. The normalized spacial score (nSPS) is 13.8. The lowest BCUT2D eigenvalue weighted by Gasteiger charge is -2.17. The second kappa shape index (κ2) is 6.70. The number of aromatic amines is 1. The van der Waals surface area contributed by atoms with E-state index in [1.807, 2.05) is 0 Å². The molecule has 2 N–H and O–H groups in total. The molecule has 1 aromatic heterocycles. The van der Waals surface area contributed by atoms with Crippen LogP contribution in [0.1, 0.15) is 37.9 Å². The second-order valence-electron chi connectivity index (χ2n) is 5.00. The molecule has 1 aromatic rings. The predicted octanol–water partition coefficient (Wildman–Crippen LogP) is 1.40. The summed E-state index contributed by atoms with van der Waals surface area (Å²) in [7, 11) is 0. The maximum absolute atomic E-state index is 11.8. The highest BCUT2D eigenvalue weighted by molar-refractivity contribution is 5.32. The van der Waals surface area contributed by atoms with Crippen LogP contribution in [-0.4, -0.2) is 41.0 Å². The van der Waals surface area contributed by atoms with Crippen LogP contribution in [0.4, 0.5) is 5.95 Å². The standard InChI is InChI=1S/C14H24N4O/c1-3-18(4-2)10-6-9-15-14-16-12-8-5-7-11(12)13(19)17-14/h3-10H2,1-2H3,(H2,15,16,17,19). The van der Waals surface area contributed by atoms with E-state index >= 15 is 0 Å². The van der Waals surface area contributed by atoms with Gasteiger partial charge in [0.25, 0.3) is 5.56 Å². The van der Waals surface area contributed by atoms with E-state index in [-0.39, 0.29) is 5.56 Å². The molecule has 5 heteroatoms. The van der Waals surface area contributed by atoms with Gasteiger partial charge < -0.3 is 10.2 Å². The van der Waals surface area contributed by atoms with Crippen molar-refractivity contribution in [2.24, 2.45) is 0 Å². The number of anilines is 1. The molecule has 19 heavy (non-hydrogen) atoms. The Labute approximate surface area is 114 Å². The van der Waals surface area contributed by atoms with Gasteiger partial charge in [-0.05, 0) is 45.3 Å². The van der Waals surface area contributed by atoms with Crippen molar-refractivity contribution in [2.75, 3.05) is 31.5 Å². The van der Waals surface area contributed by atoms with Crippen LogP contribution >= 0.6 is 0 Å². The summed E-state index contributed by atoms with van der Waals surface area (Å²) < 4.78 is 0. The van der Waals surface area contributed by atoms with Gasteiger partial charge in [-0.25, -0.2) is 4.98 Å². The van der Waals surface area contributed by atoms with Crippen molar-refractivity contribution >= 4 is 5.95 Å². The van der Waals surface area contributed by atoms with E-state index < -0.39 is 0 Å². The Morgan fingerprint density at radius 2 is 2.11 bits per heavy atom. The highest BCUT2D eigenvalue weighted by Gasteiger charge is 2.16. The molecule has 0 aromatic carbocycles. The summed E-state index contributed by atoms with van der Waals surface area (Å²) in [6.07, 6.45) is 3.92. The first-order chi connectivity index (χ1) is 9.24. The lowest BCUT2D eigenvalue weighted by atomic mass is 10.3. The van der Waals surface area contributed by atoms with Crippen molar-refractivity contribution in [1.29, 1.82) is 0 Å². The molecule has 0 bridgehead atoms. The van der Waals surface area contributed by atoms with Crippen molar-refractivity contribution < 1.29 is 0 Å². The lowest BCUT2D eigenvalue weighted by Crippen LogP contribution is -2.26. The summed E-state index contributed by atoms with van der Waals surface area (Å²) in [6.45, 7) is 8.45. The molecule has 0 fully saturated rings. The van der Waals surface area contributed by atoms with Crippen LogP contribution in [0, 0.1) is 0 Å². The average molecular weight is 264 g/mol. The molecule has 0 unspecified atom stereocenters. The number of aryl methyl sites for hydroxylation is 1. The Bertz CT molecular complexity index is 465. The maximum Gasteiger partial charge on any atom is 0.255 e. The Morgan fingerprint density at radius 1 is 1.32 bits per heavy atom. The van der Waals surface area contributed by atoms with Crippen molar-refractivity contribution in [3.05, 3.63) is 21.6 Å². The Balaban J connectivity index is 1.84. The molecule has 5 nitrogen and oxygen atoms in total. The quantitative estimate of drug-likeness (QED) is 0.731. The van der Waals surface area contributed by atoms with E-state index in [1.54, 1.807) is 0 Å². The number of hydrogen-bond donors (Lipinski definition) is 2. The van der Waals surface area contributed by atoms with E-state index in [9.17, 15) is 4.79 Å². The van der Waals surface area contributed by atoms with Gasteiger partial charge in [-0.3, -0.25) is 9.78 Å². The molecule has 0 aliphatic heterocycles. The molecular weight excluding hydrogens is 240 g/mol. The fourth-order valence-corrected chi connectivity index (χ4v) is 2.57. The van der Waals surface area contributed by atoms with E-state index in [0.29, 0.717) is 5.95 Å². The maximum atomic E-state index is 11.8. The number of H-pyrrole nitrogens is 1. The molecule has 0 atom stereocenters. The Morgan fingerprint density at radius 3 is 2.84 bits per heavy atom. The molecule has 0 radical (unpaired) electrons. The van der Waals surface area contributed by atoms with Crippen LogP contribution in [0.25, 0.3) is 0 Å². The minimum Gasteiger partial charge on any atom is -0.356 e. The summed E-state index contributed by atoms with van der Waals surface area (Å²) in [5.41, 5.74) is 1.90. The SMILES string of the molecule is CCN(CC)CCCNc1nc2c(c(=O)[nH]1)CCC2. The number of aromatic nitrogens is 2. The molecule has 106 valence electrons. The summed E-state index contributed by atoms with van der Waals surface area (Å²) in [5.74, 6) is 0.630. The molecular formula is C14H24N4O. The summed E-state index contributed by atoms with van der Waals surface area (Å²) in [6, 6.07) is 0. The van der Waals surface area contributed by atoms with Crippen molar-refractivity contribution in [3.63, 3.8) is 0 Å². The Kier molecular flexibility index (Phi) is 4.96. The van der Waals surface area contributed by atoms with Gasteiger partial charge in [0, 0.05) is 12.1 Å². The van der Waals surface area contributed by atoms with E-state index in [0.717, 1.165) is 63.1 Å². The van der Waals surface area contributed by atoms with E-state index in [1.165, 1.54) is 0 Å². The minimum atomic E-state index is 0.0359. The smallest absolute Gasteiger partial charge is 0.255 e. The molecule has 2 rings (SSSR count). The zero-order chi connectivity index (χ0) is 13.7. The van der Waals surface area contributed by atoms with Gasteiger partial charge in [0.05, 0.1) is 5.69 Å². The van der Waals surface area contributed by atoms with Crippen LogP contribution in [0.2, 0.25) is 0 Å². The highest BCUT2D eigenvalue weighted by atomic mass is 16.1. The van der Waals surface area contributed by atoms with Gasteiger partial charge in [0.1, 0.15) is 0 Å². The molecule has 0 saturated heterocycles. The fraction of sp³-hybridized carbons (Fsp3) is 0.714. The van der Waals surface area contributed by atoms with Crippen LogP contribution in [0.15, 0.2) is 4.79 Å². The summed E-state index contributed by atoms with van der Waals surface area (Å²) in [4.78, 5) is 21.5. The first kappa shape index (κ1) is 14.1. The molecule has 1 aliphatic carbocycles. The van der Waals surface area contributed by atoms with Crippen LogP contribution in [-0.2, 0) is 12.8 Å². The minimum absolute atomic E-state index is 0.0359. The first-order valence-corrected chi connectivity index (χ1v) is 7.32. The van der Waals surface area contributed by atoms with Crippen LogP contribution < -0.4 is 10.9 Å². The molecule has 1 aliphatic rings. The third-order valence-electron chi connectivity index (χ3n) is 3.78. The van der Waals surface area contributed by atoms with Gasteiger partial charge in [-0.15, -0.1) is 0 Å². The van der Waals surface area contributed by atoms with Crippen LogP contribution in [0.3, 0.4) is 0 Å². The topological polar surface area (TPSA) is 61.0 Å². The monoisotopic (exact) mass is 264 g/mol. The third-order valence-corrected chi connectivity index (χ3v) is 3.78. The number of hydrogen-bond acceptors (Lipinski definition) is 4. The first-order valence-electron chi connectivity index (χ1n) is 7.32. The zero-order valence-corrected chi connectivity index (χ0v) is 12.0. The average Bonchev–Trinajstić information content (AvgIpc) is 2.88. The largest absolute Gasteiger partial charge is 0.356 e. The van der Waals surface area contributed by atoms with E-state index in [2.05, 4.69) is 34.0 Å². The summed E-state index contributed by atoms with van der Waals surface area (Å²) >= 11 is 0. The molecule has 0 spiro atoms. The number of nitrogens with one attached hydrogen (secondary N) is 2. The van der Waals surface area contributed by atoms with Gasteiger partial charge in [0.2, 0.25) is 5.95 Å². The Hall–Kier alpha value is -1.36. The zero-order valence-electron chi connectivity index (χ0n) is 12.0. The van der Waals surface area contributed by atoms with Gasteiger partial charge in [-0.2, -0.15) is 0 Å². The van der Waals surface area contributed by atoms with E-state index in [4.69, 9.17) is 0 Å². The molecule has 1 heterocycles. The third kappa shape index (κ3) is 3.56. The predicted molar refractivity (Wildman–Crippen MR) is 77.8 cm³/mol.